The molecule has 0 radical (unpaired) electrons. The van der Waals surface area contributed by atoms with Gasteiger partial charge in [0, 0.05) is 40.6 Å². The number of likely N-dealkylation sites (N-methyl/N-ethyl adjacent to an activating group) is 1. The van der Waals surface area contributed by atoms with Crippen LogP contribution in [0.15, 0.2) is 42.5 Å². The smallest absolute Gasteiger partial charge is 0.242 e. The second-order valence-electron chi connectivity index (χ2n) is 6.42. The number of hydrogen-bond donors (Lipinski definition) is 1. The number of nitrogens with one attached hydrogen (secondary N) is 1. The lowest BCUT2D eigenvalue weighted by molar-refractivity contribution is -0.140. The second-order valence-corrected chi connectivity index (χ2v) is 7.67. The van der Waals surface area contributed by atoms with E-state index in [-0.39, 0.29) is 24.8 Å². The maximum Gasteiger partial charge on any atom is 0.242 e. The van der Waals surface area contributed by atoms with E-state index in [1.165, 1.54) is 11.9 Å². The molecule has 1 unspecified atom stereocenters. The van der Waals surface area contributed by atoms with Crippen molar-refractivity contribution in [3.8, 4) is 5.75 Å². The molecule has 0 saturated heterocycles. The molecule has 8 heteroatoms. The lowest BCUT2D eigenvalue weighted by Crippen LogP contribution is -2.46. The summed E-state index contributed by atoms with van der Waals surface area (Å²) >= 11 is 18.3. The average molecular weight is 458 g/mol. The molecule has 0 spiro atoms. The highest BCUT2D eigenvalue weighted by Crippen LogP contribution is 2.27. The molecular weight excluding hydrogens is 435 g/mol. The Bertz CT molecular complexity index is 823. The third-order valence-electron chi connectivity index (χ3n) is 4.42. The molecule has 0 aromatic heterocycles. The number of hydrogen-bond acceptors (Lipinski definition) is 3. The molecule has 5 nitrogen and oxygen atoms in total. The molecule has 0 aliphatic heterocycles. The minimum absolute atomic E-state index is 0.143. The van der Waals surface area contributed by atoms with E-state index in [2.05, 4.69) is 5.32 Å². The molecule has 1 N–H and O–H groups in total. The van der Waals surface area contributed by atoms with E-state index in [9.17, 15) is 9.59 Å². The summed E-state index contributed by atoms with van der Waals surface area (Å²) in [5.41, 5.74) is 0.609. The van der Waals surface area contributed by atoms with Crippen molar-refractivity contribution in [3.63, 3.8) is 0 Å². The Hall–Kier alpha value is -1.95. The van der Waals surface area contributed by atoms with Crippen molar-refractivity contribution < 1.29 is 14.3 Å². The number of nitrogens with zero attached hydrogens (tertiary/aromatic N) is 1. The molecule has 2 aromatic carbocycles. The van der Waals surface area contributed by atoms with E-state index in [4.69, 9.17) is 39.5 Å². The highest BCUT2D eigenvalue weighted by molar-refractivity contribution is 6.36. The quantitative estimate of drug-likeness (QED) is 0.541. The standard InChI is InChI=1S/C21H23Cl3N2O3/c1-14(21(28)25-2)26(13-17-18(23)5-3-6-19(17)24)20(27)7-4-12-29-16-10-8-15(22)9-11-16/h3,5-6,8-11,14H,4,7,12-13H2,1-2H3,(H,25,28). The van der Waals surface area contributed by atoms with Crippen LogP contribution in [0.3, 0.4) is 0 Å². The largest absolute Gasteiger partial charge is 0.494 e. The van der Waals surface area contributed by atoms with E-state index in [1.807, 2.05) is 0 Å². The minimum Gasteiger partial charge on any atom is -0.494 e. The maximum absolute atomic E-state index is 12.9. The van der Waals surface area contributed by atoms with Gasteiger partial charge in [-0.15, -0.1) is 0 Å². The van der Waals surface area contributed by atoms with Gasteiger partial charge < -0.3 is 15.0 Å². The van der Waals surface area contributed by atoms with Crippen molar-refractivity contribution in [2.75, 3.05) is 13.7 Å². The van der Waals surface area contributed by atoms with E-state index < -0.39 is 6.04 Å². The molecule has 156 valence electrons. The Morgan fingerprint density at radius 2 is 1.69 bits per heavy atom. The highest BCUT2D eigenvalue weighted by Gasteiger charge is 2.26. The molecule has 2 aromatic rings. The molecule has 0 fully saturated rings. The molecule has 1 atom stereocenters. The first-order chi connectivity index (χ1) is 13.8. The third-order valence-corrected chi connectivity index (χ3v) is 5.38. The van der Waals surface area contributed by atoms with E-state index in [0.717, 1.165) is 0 Å². The van der Waals surface area contributed by atoms with E-state index in [1.54, 1.807) is 49.4 Å². The van der Waals surface area contributed by atoms with Gasteiger partial charge in [-0.1, -0.05) is 40.9 Å². The fourth-order valence-electron chi connectivity index (χ4n) is 2.73. The Balaban J connectivity index is 2.02. The molecule has 2 amide bonds. The van der Waals surface area contributed by atoms with Crippen LogP contribution in [0.5, 0.6) is 5.75 Å². The lowest BCUT2D eigenvalue weighted by Gasteiger charge is -2.29. The summed E-state index contributed by atoms with van der Waals surface area (Å²) in [4.78, 5) is 26.5. The van der Waals surface area contributed by atoms with Gasteiger partial charge in [0.05, 0.1) is 6.61 Å². The van der Waals surface area contributed by atoms with E-state index >= 15 is 0 Å². The fourth-order valence-corrected chi connectivity index (χ4v) is 3.38. The number of carbonyl (C=O) groups excluding carboxylic acids is 2. The summed E-state index contributed by atoms with van der Waals surface area (Å²) in [5.74, 6) is 0.232. The van der Waals surface area contributed by atoms with Crippen molar-refractivity contribution in [3.05, 3.63) is 63.1 Å². The van der Waals surface area contributed by atoms with Crippen LogP contribution in [-0.4, -0.2) is 36.4 Å². The Morgan fingerprint density at radius 1 is 1.07 bits per heavy atom. The molecular formula is C21H23Cl3N2O3. The average Bonchev–Trinajstić information content (AvgIpc) is 2.71. The molecule has 0 saturated carbocycles. The summed E-state index contributed by atoms with van der Waals surface area (Å²) in [6.45, 7) is 2.18. The Morgan fingerprint density at radius 3 is 2.28 bits per heavy atom. The van der Waals surface area contributed by atoms with Crippen LogP contribution >= 0.6 is 34.8 Å². The van der Waals surface area contributed by atoms with Crippen LogP contribution < -0.4 is 10.1 Å². The van der Waals surface area contributed by atoms with E-state index in [0.29, 0.717) is 39.4 Å². The molecule has 2 rings (SSSR count). The molecule has 0 aliphatic carbocycles. The normalized spacial score (nSPS) is 11.6. The van der Waals surface area contributed by atoms with Gasteiger partial charge in [0.2, 0.25) is 11.8 Å². The zero-order valence-electron chi connectivity index (χ0n) is 16.3. The van der Waals surface area contributed by atoms with Crippen LogP contribution in [0.1, 0.15) is 25.3 Å². The number of halogens is 3. The van der Waals surface area contributed by atoms with Crippen molar-refractivity contribution in [2.45, 2.75) is 32.4 Å². The Kier molecular flexibility index (Phi) is 9.08. The lowest BCUT2D eigenvalue weighted by atomic mass is 10.1. The summed E-state index contributed by atoms with van der Waals surface area (Å²) in [6.07, 6.45) is 0.714. The third kappa shape index (κ3) is 6.81. The van der Waals surface area contributed by atoms with Gasteiger partial charge in [0.25, 0.3) is 0 Å². The van der Waals surface area contributed by atoms with Crippen LogP contribution in [0.2, 0.25) is 15.1 Å². The first-order valence-electron chi connectivity index (χ1n) is 9.15. The molecule has 0 aliphatic rings. The zero-order valence-corrected chi connectivity index (χ0v) is 18.5. The predicted molar refractivity (Wildman–Crippen MR) is 117 cm³/mol. The van der Waals surface area contributed by atoms with Gasteiger partial charge in [-0.25, -0.2) is 0 Å². The van der Waals surface area contributed by atoms with Crippen molar-refractivity contribution in [2.24, 2.45) is 0 Å². The Labute approximate surface area is 185 Å². The summed E-state index contributed by atoms with van der Waals surface area (Å²) in [7, 11) is 1.53. The summed E-state index contributed by atoms with van der Waals surface area (Å²) < 4.78 is 5.63. The minimum atomic E-state index is -0.669. The second kappa shape index (κ2) is 11.3. The molecule has 0 bridgehead atoms. The number of carbonyl (C=O) groups is 2. The number of ether oxygens (including phenoxy) is 1. The van der Waals surface area contributed by atoms with Crippen LogP contribution in [0, 0.1) is 0 Å². The zero-order chi connectivity index (χ0) is 21.4. The van der Waals surface area contributed by atoms with Crippen molar-refractivity contribution >= 4 is 46.6 Å². The topological polar surface area (TPSA) is 58.6 Å². The number of rotatable bonds is 9. The van der Waals surface area contributed by atoms with Gasteiger partial charge in [0.1, 0.15) is 11.8 Å². The summed E-state index contributed by atoms with van der Waals surface area (Å²) in [6, 6.07) is 11.5. The molecule has 0 heterocycles. The fraction of sp³-hybridized carbons (Fsp3) is 0.333. The predicted octanol–water partition coefficient (Wildman–Crippen LogP) is 4.97. The molecule has 29 heavy (non-hydrogen) atoms. The SMILES string of the molecule is CNC(=O)C(C)N(Cc1c(Cl)cccc1Cl)C(=O)CCCOc1ccc(Cl)cc1. The monoisotopic (exact) mass is 456 g/mol. The van der Waals surface area contributed by atoms with Gasteiger partial charge in [-0.05, 0) is 49.7 Å². The first kappa shape index (κ1) is 23.3. The van der Waals surface area contributed by atoms with Crippen LogP contribution in [-0.2, 0) is 16.1 Å². The number of amides is 2. The maximum atomic E-state index is 12.9. The van der Waals surface area contributed by atoms with Gasteiger partial charge in [-0.3, -0.25) is 9.59 Å². The number of benzene rings is 2. The summed E-state index contributed by atoms with van der Waals surface area (Å²) in [5, 5.41) is 4.10. The highest BCUT2D eigenvalue weighted by atomic mass is 35.5. The van der Waals surface area contributed by atoms with Crippen LogP contribution in [0.4, 0.5) is 0 Å². The van der Waals surface area contributed by atoms with Gasteiger partial charge in [0.15, 0.2) is 0 Å². The first-order valence-corrected chi connectivity index (χ1v) is 10.3. The van der Waals surface area contributed by atoms with Crippen molar-refractivity contribution in [1.82, 2.24) is 10.2 Å². The van der Waals surface area contributed by atoms with Gasteiger partial charge in [-0.2, -0.15) is 0 Å². The van der Waals surface area contributed by atoms with Crippen LogP contribution in [0.25, 0.3) is 0 Å². The van der Waals surface area contributed by atoms with Crippen molar-refractivity contribution in [1.29, 1.82) is 0 Å². The van der Waals surface area contributed by atoms with Gasteiger partial charge >= 0.3 is 0 Å².